The van der Waals surface area contributed by atoms with Gasteiger partial charge in [0.25, 0.3) is 5.91 Å². The van der Waals surface area contributed by atoms with E-state index in [0.29, 0.717) is 23.2 Å². The molecular formula is C29H27N7OS. The molecule has 0 spiro atoms. The van der Waals surface area contributed by atoms with Gasteiger partial charge in [0.15, 0.2) is 0 Å². The third-order valence-electron chi connectivity index (χ3n) is 6.43. The molecule has 0 bridgehead atoms. The van der Waals surface area contributed by atoms with Gasteiger partial charge in [-0.25, -0.2) is 15.0 Å². The first-order valence-electron chi connectivity index (χ1n) is 12.5. The van der Waals surface area contributed by atoms with E-state index in [-0.39, 0.29) is 5.91 Å². The molecule has 2 aromatic carbocycles. The van der Waals surface area contributed by atoms with Crippen LogP contribution in [0.15, 0.2) is 90.3 Å². The van der Waals surface area contributed by atoms with E-state index >= 15 is 0 Å². The van der Waals surface area contributed by atoms with Crippen LogP contribution in [0.25, 0.3) is 11.3 Å². The van der Waals surface area contributed by atoms with Crippen LogP contribution in [-0.4, -0.2) is 50.1 Å². The van der Waals surface area contributed by atoms with E-state index in [2.05, 4.69) is 40.6 Å². The molecule has 0 radical (unpaired) electrons. The number of thiocarbonyl (C=S) groups is 1. The number of hydrogen-bond acceptors (Lipinski definition) is 8. The van der Waals surface area contributed by atoms with Crippen LogP contribution >= 0.6 is 12.2 Å². The minimum Gasteiger partial charge on any atom is -0.324 e. The Kier molecular flexibility index (Phi) is 8.20. The second kappa shape index (κ2) is 12.3. The number of rotatable bonds is 8. The maximum Gasteiger partial charge on any atom is 0.255 e. The van der Waals surface area contributed by atoms with Crippen molar-refractivity contribution in [1.82, 2.24) is 19.9 Å². The molecule has 1 saturated heterocycles. The molecule has 4 aromatic rings. The Hall–Kier alpha value is -4.30. The van der Waals surface area contributed by atoms with Crippen LogP contribution in [0.1, 0.15) is 28.8 Å². The van der Waals surface area contributed by atoms with Crippen LogP contribution in [0, 0.1) is 0 Å². The molecule has 9 heteroatoms. The number of amides is 1. The Balaban J connectivity index is 1.14. The third-order valence-corrected chi connectivity index (χ3v) is 6.53. The number of isothiocyanates is 1. The highest BCUT2D eigenvalue weighted by Gasteiger charge is 2.18. The van der Waals surface area contributed by atoms with Crippen molar-refractivity contribution in [2.75, 3.05) is 23.7 Å². The summed E-state index contributed by atoms with van der Waals surface area (Å²) in [6.07, 6.45) is 7.20. The maximum atomic E-state index is 12.8. The summed E-state index contributed by atoms with van der Waals surface area (Å²) < 4.78 is 0. The van der Waals surface area contributed by atoms with Gasteiger partial charge in [-0.2, -0.15) is 0 Å². The van der Waals surface area contributed by atoms with E-state index in [9.17, 15) is 4.79 Å². The number of piperidine rings is 1. The first kappa shape index (κ1) is 25.4. The summed E-state index contributed by atoms with van der Waals surface area (Å²) in [7, 11) is 0. The van der Waals surface area contributed by atoms with Crippen LogP contribution in [0.4, 0.5) is 17.3 Å². The van der Waals surface area contributed by atoms with Gasteiger partial charge in [-0.1, -0.05) is 12.1 Å². The standard InChI is InChI=1S/C29H27N7OS/c37-28(22-5-3-21(4-6-22)19-36-16-12-24(13-17-36)32-20-38)33-25-7-9-26(10-8-25)34-29-31-15-11-27(35-29)23-2-1-14-30-18-23/h1-11,14-15,18,24H,12-13,16-17,19H2,(H,33,37)(H,31,34,35). The van der Waals surface area contributed by atoms with Crippen LogP contribution in [0.3, 0.4) is 0 Å². The van der Waals surface area contributed by atoms with Gasteiger partial charge in [0.1, 0.15) is 0 Å². The normalized spacial score (nSPS) is 13.9. The van der Waals surface area contributed by atoms with Crippen molar-refractivity contribution in [3.8, 4) is 11.3 Å². The summed E-state index contributed by atoms with van der Waals surface area (Å²) in [5.74, 6) is 0.333. The summed E-state index contributed by atoms with van der Waals surface area (Å²) in [5.41, 5.74) is 5.02. The highest BCUT2D eigenvalue weighted by Crippen LogP contribution is 2.21. The van der Waals surface area contributed by atoms with Gasteiger partial charge < -0.3 is 10.6 Å². The minimum atomic E-state index is -0.149. The van der Waals surface area contributed by atoms with Crippen LogP contribution in [0.5, 0.6) is 0 Å². The molecule has 2 N–H and O–H groups in total. The predicted molar refractivity (Wildman–Crippen MR) is 153 cm³/mol. The third kappa shape index (κ3) is 6.72. The fourth-order valence-electron chi connectivity index (χ4n) is 4.36. The van der Waals surface area contributed by atoms with Crippen molar-refractivity contribution >= 4 is 40.6 Å². The second-order valence-electron chi connectivity index (χ2n) is 9.09. The number of carbonyl (C=O) groups excluding carboxylic acids is 1. The lowest BCUT2D eigenvalue weighted by Crippen LogP contribution is -2.34. The molecule has 1 aliphatic heterocycles. The monoisotopic (exact) mass is 521 g/mol. The Morgan fingerprint density at radius 3 is 2.47 bits per heavy atom. The zero-order valence-corrected chi connectivity index (χ0v) is 21.6. The number of hydrogen-bond donors (Lipinski definition) is 2. The molecule has 5 rings (SSSR count). The van der Waals surface area contributed by atoms with Crippen LogP contribution in [0.2, 0.25) is 0 Å². The predicted octanol–water partition coefficient (Wildman–Crippen LogP) is 5.60. The van der Waals surface area contributed by atoms with Crippen molar-refractivity contribution in [3.05, 3.63) is 96.4 Å². The number of aromatic nitrogens is 3. The van der Waals surface area contributed by atoms with E-state index in [0.717, 1.165) is 49.4 Å². The summed E-state index contributed by atoms with van der Waals surface area (Å²) in [6, 6.07) is 21.2. The number of pyridine rings is 1. The fourth-order valence-corrected chi connectivity index (χ4v) is 4.51. The lowest BCUT2D eigenvalue weighted by Gasteiger charge is -2.29. The molecule has 0 saturated carbocycles. The quantitative estimate of drug-likeness (QED) is 0.230. The molecular weight excluding hydrogens is 494 g/mol. The SMILES string of the molecule is O=C(Nc1ccc(Nc2nccc(-c3cccnc3)n2)cc1)c1ccc(CN2CCC(N=C=S)CC2)cc1. The largest absolute Gasteiger partial charge is 0.324 e. The topological polar surface area (TPSA) is 95.4 Å². The number of benzene rings is 2. The van der Waals surface area contributed by atoms with Gasteiger partial charge in [-0.3, -0.25) is 14.7 Å². The molecule has 0 unspecified atom stereocenters. The van der Waals surface area contributed by atoms with Crippen molar-refractivity contribution in [2.24, 2.45) is 4.99 Å². The van der Waals surface area contributed by atoms with Gasteiger partial charge in [0, 0.05) is 60.7 Å². The Morgan fingerprint density at radius 2 is 1.76 bits per heavy atom. The van der Waals surface area contributed by atoms with Crippen molar-refractivity contribution in [1.29, 1.82) is 0 Å². The molecule has 190 valence electrons. The van der Waals surface area contributed by atoms with Crippen molar-refractivity contribution in [3.63, 3.8) is 0 Å². The van der Waals surface area contributed by atoms with Gasteiger partial charge in [0.2, 0.25) is 5.95 Å². The summed E-state index contributed by atoms with van der Waals surface area (Å²) in [5, 5.41) is 8.66. The van der Waals surface area contributed by atoms with Crippen LogP contribution < -0.4 is 10.6 Å². The van der Waals surface area contributed by atoms with Gasteiger partial charge in [-0.05, 0) is 85.2 Å². The number of anilines is 3. The van der Waals surface area contributed by atoms with E-state index in [1.807, 2.05) is 66.7 Å². The average Bonchev–Trinajstić information content (AvgIpc) is 2.96. The first-order chi connectivity index (χ1) is 18.7. The van der Waals surface area contributed by atoms with Gasteiger partial charge in [-0.15, -0.1) is 0 Å². The highest BCUT2D eigenvalue weighted by atomic mass is 32.1. The molecule has 1 fully saturated rings. The fraction of sp³-hybridized carbons (Fsp3) is 0.207. The minimum absolute atomic E-state index is 0.149. The van der Waals surface area contributed by atoms with Crippen LogP contribution in [-0.2, 0) is 6.54 Å². The van der Waals surface area contributed by atoms with Gasteiger partial charge >= 0.3 is 0 Å². The Labute approximate surface area is 226 Å². The molecule has 0 aliphatic carbocycles. The van der Waals surface area contributed by atoms with Crippen molar-refractivity contribution in [2.45, 2.75) is 25.4 Å². The Bertz CT molecular complexity index is 1410. The molecule has 1 aliphatic rings. The lowest BCUT2D eigenvalue weighted by molar-refractivity contribution is 0.102. The van der Waals surface area contributed by atoms with E-state index in [1.54, 1.807) is 18.6 Å². The number of carbonyl (C=O) groups is 1. The van der Waals surface area contributed by atoms with Gasteiger partial charge in [0.05, 0.1) is 16.9 Å². The smallest absolute Gasteiger partial charge is 0.255 e. The van der Waals surface area contributed by atoms with E-state index in [4.69, 9.17) is 12.2 Å². The zero-order valence-electron chi connectivity index (χ0n) is 20.7. The molecule has 8 nitrogen and oxygen atoms in total. The first-order valence-corrected chi connectivity index (χ1v) is 12.9. The number of aliphatic imine (C=N–C) groups is 1. The number of nitrogens with zero attached hydrogens (tertiary/aromatic N) is 5. The zero-order chi connectivity index (χ0) is 26.2. The van der Waals surface area contributed by atoms with E-state index in [1.165, 1.54) is 5.56 Å². The molecule has 3 heterocycles. The average molecular weight is 522 g/mol. The second-order valence-corrected chi connectivity index (χ2v) is 9.27. The van der Waals surface area contributed by atoms with Crippen molar-refractivity contribution < 1.29 is 4.79 Å². The molecule has 1 amide bonds. The highest BCUT2D eigenvalue weighted by molar-refractivity contribution is 7.78. The van der Waals surface area contributed by atoms with E-state index < -0.39 is 0 Å². The number of likely N-dealkylation sites (tertiary alicyclic amines) is 1. The molecule has 2 aromatic heterocycles. The Morgan fingerprint density at radius 1 is 1.00 bits per heavy atom. The lowest BCUT2D eigenvalue weighted by atomic mass is 10.0. The maximum absolute atomic E-state index is 12.8. The summed E-state index contributed by atoms with van der Waals surface area (Å²) in [4.78, 5) is 32.4. The number of nitrogens with one attached hydrogen (secondary N) is 2. The summed E-state index contributed by atoms with van der Waals surface area (Å²) in [6.45, 7) is 2.83. The molecule has 38 heavy (non-hydrogen) atoms. The summed E-state index contributed by atoms with van der Waals surface area (Å²) >= 11 is 4.72. The molecule has 0 atom stereocenters.